The van der Waals surface area contributed by atoms with E-state index in [1.54, 1.807) is 0 Å². The van der Waals surface area contributed by atoms with E-state index in [1.165, 1.54) is 20.3 Å². The van der Waals surface area contributed by atoms with Gasteiger partial charge in [0.25, 0.3) is 0 Å². The van der Waals surface area contributed by atoms with Crippen molar-refractivity contribution in [1.82, 2.24) is 0 Å². The number of fused-ring (bicyclic) bond motifs is 1. The third kappa shape index (κ3) is 3.07. The Labute approximate surface area is 149 Å². The second-order valence-corrected chi connectivity index (χ2v) is 7.86. The van der Waals surface area contributed by atoms with E-state index in [0.29, 0.717) is 0 Å². The second-order valence-electron chi connectivity index (χ2n) is 4.85. The van der Waals surface area contributed by atoms with Crippen molar-refractivity contribution >= 4 is 54.5 Å². The molecule has 1 nitrogen and oxygen atoms in total. The fourth-order valence-electron chi connectivity index (χ4n) is 2.43. The Hall–Kier alpha value is -0.0700. The van der Waals surface area contributed by atoms with Crippen LogP contribution in [0.15, 0.2) is 40.9 Å². The van der Waals surface area contributed by atoms with Crippen LogP contribution in [-0.2, 0) is 6.42 Å². The van der Waals surface area contributed by atoms with Crippen LogP contribution >= 0.6 is 54.5 Å². The molecule has 0 saturated carbocycles. The normalized spacial score (nSPS) is 15.3. The maximum Gasteiger partial charge on any atom is 0.122 e. The van der Waals surface area contributed by atoms with E-state index < -0.39 is 0 Å². The van der Waals surface area contributed by atoms with Gasteiger partial charge in [0, 0.05) is 8.04 Å². The zero-order chi connectivity index (χ0) is 14.1. The number of halogens is 3. The summed E-state index contributed by atoms with van der Waals surface area (Å²) in [6, 6.07) is 12.9. The van der Waals surface area contributed by atoms with Crippen molar-refractivity contribution in [3.8, 4) is 5.75 Å². The van der Waals surface area contributed by atoms with Gasteiger partial charge in [-0.1, -0.05) is 44.0 Å². The maximum atomic E-state index is 5.68. The number of ether oxygens (including phenoxy) is 1. The average molecular weight is 508 g/mol. The minimum Gasteiger partial charge on any atom is -0.493 e. The van der Waals surface area contributed by atoms with Crippen LogP contribution in [0.1, 0.15) is 27.9 Å². The van der Waals surface area contributed by atoms with Gasteiger partial charge >= 0.3 is 0 Å². The van der Waals surface area contributed by atoms with E-state index >= 15 is 0 Å². The van der Waals surface area contributed by atoms with Gasteiger partial charge < -0.3 is 4.74 Å². The highest BCUT2D eigenvalue weighted by Crippen LogP contribution is 2.38. The van der Waals surface area contributed by atoms with Gasteiger partial charge in [0.05, 0.1) is 11.4 Å². The van der Waals surface area contributed by atoms with Gasteiger partial charge in [-0.2, -0.15) is 0 Å². The van der Waals surface area contributed by atoms with Crippen LogP contribution in [-0.4, -0.2) is 6.61 Å². The first-order chi connectivity index (χ1) is 9.65. The van der Waals surface area contributed by atoms with Crippen molar-refractivity contribution in [3.63, 3.8) is 0 Å². The molecule has 1 atom stereocenters. The molecule has 4 heteroatoms. The molecule has 0 N–H and O–H groups in total. The van der Waals surface area contributed by atoms with Crippen molar-refractivity contribution < 1.29 is 4.74 Å². The summed E-state index contributed by atoms with van der Waals surface area (Å²) in [4.78, 5) is 0.193. The van der Waals surface area contributed by atoms with E-state index in [9.17, 15) is 0 Å². The molecule has 0 bridgehead atoms. The lowest BCUT2D eigenvalue weighted by atomic mass is 9.99. The Morgan fingerprint density at radius 3 is 2.85 bits per heavy atom. The van der Waals surface area contributed by atoms with Crippen molar-refractivity contribution in [2.45, 2.75) is 17.7 Å². The summed E-state index contributed by atoms with van der Waals surface area (Å²) in [6.07, 6.45) is 2.22. The largest absolute Gasteiger partial charge is 0.493 e. The predicted octanol–water partition coefficient (Wildman–Crippen LogP) is 5.86. The molecule has 0 spiro atoms. The van der Waals surface area contributed by atoms with Crippen molar-refractivity contribution in [2.75, 3.05) is 6.61 Å². The molecule has 0 radical (unpaired) electrons. The topological polar surface area (TPSA) is 9.23 Å². The molecular weight excluding hydrogens is 495 g/mol. The molecule has 3 rings (SSSR count). The van der Waals surface area contributed by atoms with E-state index in [2.05, 4.69) is 90.8 Å². The first-order valence-electron chi connectivity index (χ1n) is 6.50. The summed E-state index contributed by atoms with van der Waals surface area (Å²) < 4.78 is 8.06. The lowest BCUT2D eigenvalue weighted by Gasteiger charge is -2.20. The molecule has 1 aliphatic heterocycles. The number of rotatable bonds is 2. The van der Waals surface area contributed by atoms with Crippen LogP contribution in [0.5, 0.6) is 5.75 Å². The third-order valence-corrected chi connectivity index (χ3v) is 5.87. The highest BCUT2D eigenvalue weighted by Gasteiger charge is 2.17. The van der Waals surface area contributed by atoms with Crippen LogP contribution in [0.4, 0.5) is 0 Å². The van der Waals surface area contributed by atoms with Gasteiger partial charge in [-0.25, -0.2) is 0 Å². The Balaban J connectivity index is 1.97. The molecule has 0 aromatic heterocycles. The van der Waals surface area contributed by atoms with Crippen LogP contribution < -0.4 is 4.74 Å². The minimum absolute atomic E-state index is 0.193. The number of hydrogen-bond acceptors (Lipinski definition) is 1. The molecule has 0 amide bonds. The summed E-state index contributed by atoms with van der Waals surface area (Å²) >= 11 is 9.83. The van der Waals surface area contributed by atoms with Gasteiger partial charge in [0.2, 0.25) is 0 Å². The molecule has 1 heterocycles. The van der Waals surface area contributed by atoms with E-state index in [1.807, 2.05) is 0 Å². The molecular formula is C16H13Br2IO. The molecule has 2 aromatic rings. The maximum absolute atomic E-state index is 5.68. The molecule has 20 heavy (non-hydrogen) atoms. The first-order valence-corrected chi connectivity index (χ1v) is 9.28. The van der Waals surface area contributed by atoms with Crippen molar-refractivity contribution in [2.24, 2.45) is 0 Å². The lowest BCUT2D eigenvalue weighted by Crippen LogP contribution is -2.09. The Kier molecular flexibility index (Phi) is 4.72. The zero-order valence-corrected chi connectivity index (χ0v) is 16.0. The lowest BCUT2D eigenvalue weighted by molar-refractivity contribution is 0.288. The van der Waals surface area contributed by atoms with Gasteiger partial charge in [-0.05, 0) is 76.4 Å². The highest BCUT2D eigenvalue weighted by molar-refractivity contribution is 14.1. The van der Waals surface area contributed by atoms with Crippen molar-refractivity contribution in [3.05, 3.63) is 61.1 Å². The smallest absolute Gasteiger partial charge is 0.122 e. The van der Waals surface area contributed by atoms with Gasteiger partial charge in [-0.3, -0.25) is 0 Å². The van der Waals surface area contributed by atoms with Gasteiger partial charge in [-0.15, -0.1) is 0 Å². The highest BCUT2D eigenvalue weighted by atomic mass is 127. The fraction of sp³-hybridized carbons (Fsp3) is 0.250. The van der Waals surface area contributed by atoms with Crippen LogP contribution in [0.3, 0.4) is 0 Å². The Morgan fingerprint density at radius 1 is 1.15 bits per heavy atom. The molecule has 1 aliphatic rings. The predicted molar refractivity (Wildman–Crippen MR) is 97.9 cm³/mol. The standard InChI is InChI=1S/C16H13Br2IO/c17-14-5-4-12(19)9-13(14)16(18)11-3-6-15-10(8-11)2-1-7-20-15/h3-6,8-9,16H,1-2,7H2. The first kappa shape index (κ1) is 14.9. The fourth-order valence-corrected chi connectivity index (χ4v) is 4.39. The summed E-state index contributed by atoms with van der Waals surface area (Å²) in [7, 11) is 0. The summed E-state index contributed by atoms with van der Waals surface area (Å²) in [5.41, 5.74) is 3.85. The molecule has 0 aliphatic carbocycles. The number of aryl methyl sites for hydroxylation is 1. The summed E-state index contributed by atoms with van der Waals surface area (Å²) in [5.74, 6) is 1.04. The molecule has 2 aromatic carbocycles. The van der Waals surface area contributed by atoms with Gasteiger partial charge in [0.1, 0.15) is 5.75 Å². The number of benzene rings is 2. The molecule has 104 valence electrons. The quantitative estimate of drug-likeness (QED) is 0.365. The summed E-state index contributed by atoms with van der Waals surface area (Å²) in [6.45, 7) is 0.840. The number of alkyl halides is 1. The molecule has 0 saturated heterocycles. The monoisotopic (exact) mass is 506 g/mol. The van der Waals surface area contributed by atoms with E-state index in [0.717, 1.165) is 29.7 Å². The Morgan fingerprint density at radius 2 is 2.00 bits per heavy atom. The van der Waals surface area contributed by atoms with Gasteiger partial charge in [0.15, 0.2) is 0 Å². The second kappa shape index (κ2) is 6.36. The Bertz CT molecular complexity index is 642. The average Bonchev–Trinajstić information content (AvgIpc) is 2.48. The van der Waals surface area contributed by atoms with E-state index in [4.69, 9.17) is 4.74 Å². The number of hydrogen-bond donors (Lipinski definition) is 0. The molecule has 1 unspecified atom stereocenters. The summed E-state index contributed by atoms with van der Waals surface area (Å²) in [5, 5.41) is 0. The van der Waals surface area contributed by atoms with Crippen LogP contribution in [0.2, 0.25) is 0 Å². The SMILES string of the molecule is Brc1ccc(I)cc1C(Br)c1ccc2c(c1)CCCO2. The molecule has 0 fully saturated rings. The third-order valence-electron chi connectivity index (χ3n) is 3.46. The zero-order valence-electron chi connectivity index (χ0n) is 10.7. The van der Waals surface area contributed by atoms with Crippen LogP contribution in [0, 0.1) is 3.57 Å². The van der Waals surface area contributed by atoms with Crippen molar-refractivity contribution in [1.29, 1.82) is 0 Å². The van der Waals surface area contributed by atoms with E-state index in [-0.39, 0.29) is 4.83 Å². The minimum atomic E-state index is 0.193. The van der Waals surface area contributed by atoms with Crippen LogP contribution in [0.25, 0.3) is 0 Å².